The maximum absolute atomic E-state index is 12.7. The van der Waals surface area contributed by atoms with Crippen LogP contribution in [0.4, 0.5) is 4.79 Å². The van der Waals surface area contributed by atoms with Gasteiger partial charge in [-0.05, 0) is 54.2 Å². The number of nitrogens with zero attached hydrogens (tertiary/aromatic N) is 2. The normalized spacial score (nSPS) is 26.8. The van der Waals surface area contributed by atoms with Crippen LogP contribution in [0.2, 0.25) is 0 Å². The SMILES string of the molecule is CC1(C)CCOc2c(C3CC3)cc(CN3CCC4(CC3)CN(C3C=CC(C(=O)O)=CC3)C(=O)O4)cc21. The van der Waals surface area contributed by atoms with Crippen molar-refractivity contribution in [2.45, 2.75) is 81.9 Å². The summed E-state index contributed by atoms with van der Waals surface area (Å²) < 4.78 is 12.1. The molecule has 1 saturated carbocycles. The van der Waals surface area contributed by atoms with Crippen LogP contribution in [-0.2, 0) is 21.5 Å². The highest BCUT2D eigenvalue weighted by molar-refractivity contribution is 5.90. The van der Waals surface area contributed by atoms with Crippen molar-refractivity contribution >= 4 is 12.1 Å². The summed E-state index contributed by atoms with van der Waals surface area (Å²) >= 11 is 0. The number of fused-ring (bicyclic) bond motifs is 1. The molecule has 0 aromatic heterocycles. The fourth-order valence-electron chi connectivity index (χ4n) is 6.25. The van der Waals surface area contributed by atoms with Gasteiger partial charge in [0.05, 0.1) is 24.8 Å². The topological polar surface area (TPSA) is 79.3 Å². The van der Waals surface area contributed by atoms with Crippen LogP contribution in [0.1, 0.15) is 75.0 Å². The summed E-state index contributed by atoms with van der Waals surface area (Å²) in [5, 5.41) is 9.16. The molecule has 0 bridgehead atoms. The molecule has 3 fully saturated rings. The van der Waals surface area contributed by atoms with Crippen molar-refractivity contribution in [1.29, 1.82) is 0 Å². The van der Waals surface area contributed by atoms with Gasteiger partial charge in [-0.2, -0.15) is 0 Å². The number of amides is 1. The maximum Gasteiger partial charge on any atom is 0.411 e. The molecular formula is C29H36N2O5. The third-order valence-corrected chi connectivity index (χ3v) is 8.79. The van der Waals surface area contributed by atoms with E-state index in [1.807, 2.05) is 6.08 Å². The van der Waals surface area contributed by atoms with Gasteiger partial charge in [0.25, 0.3) is 0 Å². The summed E-state index contributed by atoms with van der Waals surface area (Å²) in [5.74, 6) is 0.864. The minimum absolute atomic E-state index is 0.134. The second-order valence-electron chi connectivity index (χ2n) is 11.9. The van der Waals surface area contributed by atoms with Crippen molar-refractivity contribution in [1.82, 2.24) is 9.80 Å². The Morgan fingerprint density at radius 2 is 1.94 bits per heavy atom. The number of carboxylic acids is 1. The molecular weight excluding hydrogens is 456 g/mol. The number of carbonyl (C=O) groups excluding carboxylic acids is 1. The maximum atomic E-state index is 12.7. The zero-order valence-electron chi connectivity index (χ0n) is 21.3. The number of benzene rings is 1. The molecule has 1 spiro atoms. The van der Waals surface area contributed by atoms with E-state index in [0.29, 0.717) is 18.9 Å². The van der Waals surface area contributed by atoms with Gasteiger partial charge >= 0.3 is 12.1 Å². The molecule has 1 unspecified atom stereocenters. The Kier molecular flexibility index (Phi) is 5.67. The van der Waals surface area contributed by atoms with Crippen molar-refractivity contribution in [3.8, 4) is 5.75 Å². The number of ether oxygens (including phenoxy) is 2. The molecule has 2 aliphatic carbocycles. The molecule has 1 atom stereocenters. The third-order valence-electron chi connectivity index (χ3n) is 8.79. The van der Waals surface area contributed by atoms with Crippen LogP contribution >= 0.6 is 0 Å². The fourth-order valence-corrected chi connectivity index (χ4v) is 6.25. The molecule has 7 nitrogen and oxygen atoms in total. The number of piperidine rings is 1. The van der Waals surface area contributed by atoms with Crippen LogP contribution in [0.15, 0.2) is 35.9 Å². The first-order valence-corrected chi connectivity index (χ1v) is 13.4. The van der Waals surface area contributed by atoms with Gasteiger partial charge in [-0.1, -0.05) is 38.1 Å². The van der Waals surface area contributed by atoms with E-state index >= 15 is 0 Å². The Morgan fingerprint density at radius 1 is 1.17 bits per heavy atom. The Labute approximate surface area is 212 Å². The van der Waals surface area contributed by atoms with Crippen molar-refractivity contribution in [2.75, 3.05) is 26.2 Å². The molecule has 7 heteroatoms. The minimum Gasteiger partial charge on any atom is -0.493 e. The Hall–Kier alpha value is -2.80. The van der Waals surface area contributed by atoms with E-state index < -0.39 is 11.6 Å². The predicted octanol–water partition coefficient (Wildman–Crippen LogP) is 4.75. The number of carboxylic acid groups (broad SMARTS) is 1. The zero-order chi connectivity index (χ0) is 25.1. The summed E-state index contributed by atoms with van der Waals surface area (Å²) in [6.07, 6.45) is 10.5. The third kappa shape index (κ3) is 4.32. The first-order chi connectivity index (χ1) is 17.2. The fraction of sp³-hybridized carbons (Fsp3) is 0.586. The first-order valence-electron chi connectivity index (χ1n) is 13.4. The van der Waals surface area contributed by atoms with Crippen LogP contribution in [0.3, 0.4) is 0 Å². The van der Waals surface area contributed by atoms with Crippen LogP contribution in [0.25, 0.3) is 0 Å². The number of hydrogen-bond donors (Lipinski definition) is 1. The molecule has 2 saturated heterocycles. The van der Waals surface area contributed by atoms with E-state index in [1.165, 1.54) is 29.5 Å². The van der Waals surface area contributed by atoms with Gasteiger partial charge in [-0.3, -0.25) is 9.80 Å². The van der Waals surface area contributed by atoms with E-state index in [9.17, 15) is 9.59 Å². The Balaban J connectivity index is 1.11. The molecule has 3 aliphatic heterocycles. The van der Waals surface area contributed by atoms with E-state index in [4.69, 9.17) is 14.6 Å². The number of carbonyl (C=O) groups is 2. The highest BCUT2D eigenvalue weighted by Crippen LogP contribution is 2.50. The number of aliphatic carboxylic acids is 1. The van der Waals surface area contributed by atoms with Crippen molar-refractivity contribution in [2.24, 2.45) is 0 Å². The van der Waals surface area contributed by atoms with Gasteiger partial charge in [0.2, 0.25) is 0 Å². The van der Waals surface area contributed by atoms with Gasteiger partial charge in [0, 0.05) is 38.0 Å². The quantitative estimate of drug-likeness (QED) is 0.639. The van der Waals surface area contributed by atoms with Gasteiger partial charge < -0.3 is 14.6 Å². The molecule has 0 radical (unpaired) electrons. The summed E-state index contributed by atoms with van der Waals surface area (Å²) in [4.78, 5) is 28.2. The van der Waals surface area contributed by atoms with Gasteiger partial charge in [-0.25, -0.2) is 9.59 Å². The smallest absolute Gasteiger partial charge is 0.411 e. The second kappa shape index (κ2) is 8.65. The lowest BCUT2D eigenvalue weighted by atomic mass is 9.77. The van der Waals surface area contributed by atoms with Crippen LogP contribution in [0, 0.1) is 0 Å². The molecule has 6 rings (SSSR count). The van der Waals surface area contributed by atoms with Crippen LogP contribution in [0.5, 0.6) is 5.75 Å². The summed E-state index contributed by atoms with van der Waals surface area (Å²) in [6, 6.07) is 4.62. The lowest BCUT2D eigenvalue weighted by Gasteiger charge is -2.38. The second-order valence-corrected chi connectivity index (χ2v) is 11.9. The standard InChI is InChI=1S/C29H36N2O5/c1-28(2)11-14-35-25-23(20-3-4-20)15-19(16-24(25)28)17-30-12-9-29(10-13-30)18-31(27(34)36-29)22-7-5-21(6-8-22)26(32)33/h5-7,15-16,20,22H,3-4,8-14,17-18H2,1-2H3,(H,32,33). The lowest BCUT2D eigenvalue weighted by Crippen LogP contribution is -2.47. The molecule has 1 N–H and O–H groups in total. The minimum atomic E-state index is -0.934. The number of likely N-dealkylation sites (tertiary alicyclic amines) is 1. The van der Waals surface area contributed by atoms with E-state index in [1.54, 1.807) is 17.1 Å². The number of hydrogen-bond acceptors (Lipinski definition) is 5. The molecule has 1 amide bonds. The van der Waals surface area contributed by atoms with Gasteiger partial charge in [0.1, 0.15) is 11.4 Å². The summed E-state index contributed by atoms with van der Waals surface area (Å²) in [5.41, 5.74) is 4.11. The van der Waals surface area contributed by atoms with Crippen molar-refractivity contribution < 1.29 is 24.2 Å². The number of rotatable bonds is 5. The lowest BCUT2D eigenvalue weighted by molar-refractivity contribution is -0.132. The molecule has 3 heterocycles. The van der Waals surface area contributed by atoms with Gasteiger partial charge in [-0.15, -0.1) is 0 Å². The first kappa shape index (κ1) is 23.6. The molecule has 1 aromatic rings. The molecule has 36 heavy (non-hydrogen) atoms. The van der Waals surface area contributed by atoms with Crippen molar-refractivity contribution in [3.05, 3.63) is 52.6 Å². The highest BCUT2D eigenvalue weighted by Gasteiger charge is 2.48. The van der Waals surface area contributed by atoms with Crippen LogP contribution in [-0.4, -0.2) is 64.9 Å². The Morgan fingerprint density at radius 3 is 2.61 bits per heavy atom. The monoisotopic (exact) mass is 492 g/mol. The largest absolute Gasteiger partial charge is 0.493 e. The van der Waals surface area contributed by atoms with E-state index in [0.717, 1.165) is 51.3 Å². The van der Waals surface area contributed by atoms with Gasteiger partial charge in [0.15, 0.2) is 0 Å². The van der Waals surface area contributed by atoms with E-state index in [-0.39, 0.29) is 23.1 Å². The molecule has 1 aromatic carbocycles. The molecule has 192 valence electrons. The zero-order valence-corrected chi connectivity index (χ0v) is 21.3. The average Bonchev–Trinajstić information content (AvgIpc) is 3.65. The predicted molar refractivity (Wildman–Crippen MR) is 135 cm³/mol. The van der Waals surface area contributed by atoms with Crippen LogP contribution < -0.4 is 4.74 Å². The van der Waals surface area contributed by atoms with Crippen molar-refractivity contribution in [3.63, 3.8) is 0 Å². The average molecular weight is 493 g/mol. The van der Waals surface area contributed by atoms with E-state index in [2.05, 4.69) is 30.9 Å². The Bertz CT molecular complexity index is 1140. The molecule has 5 aliphatic rings. The summed E-state index contributed by atoms with van der Waals surface area (Å²) in [6.45, 7) is 8.72. The highest BCUT2D eigenvalue weighted by atomic mass is 16.6. The summed E-state index contributed by atoms with van der Waals surface area (Å²) in [7, 11) is 0.